The molecule has 3 aromatic rings. The van der Waals surface area contributed by atoms with Crippen molar-refractivity contribution < 1.29 is 9.53 Å². The number of carbonyl (C=O) groups is 1. The van der Waals surface area contributed by atoms with E-state index < -0.39 is 0 Å². The predicted octanol–water partition coefficient (Wildman–Crippen LogP) is 6.20. The van der Waals surface area contributed by atoms with Crippen LogP contribution in [0.5, 0.6) is 5.75 Å². The first-order chi connectivity index (χ1) is 18.1. The Hall–Kier alpha value is -3.37. The molecule has 1 spiro atoms. The lowest BCUT2D eigenvalue weighted by molar-refractivity contribution is 0.0773. The molecule has 4 heteroatoms. The van der Waals surface area contributed by atoms with Crippen molar-refractivity contribution >= 4 is 12.0 Å². The largest absolute Gasteiger partial charge is 0.492 e. The molecule has 1 heterocycles. The second-order valence-electron chi connectivity index (χ2n) is 10.2. The van der Waals surface area contributed by atoms with Gasteiger partial charge in [-0.2, -0.15) is 0 Å². The van der Waals surface area contributed by atoms with Gasteiger partial charge in [0.1, 0.15) is 12.4 Å². The molecular weight excluding hydrogens is 456 g/mol. The van der Waals surface area contributed by atoms with Crippen molar-refractivity contribution in [2.75, 3.05) is 39.3 Å². The van der Waals surface area contributed by atoms with Crippen LogP contribution in [0.3, 0.4) is 0 Å². The third-order valence-electron chi connectivity index (χ3n) is 8.11. The average molecular weight is 495 g/mol. The molecule has 4 nitrogen and oxygen atoms in total. The fraction of sp³-hybridized carbons (Fsp3) is 0.364. The zero-order valence-corrected chi connectivity index (χ0v) is 22.2. The molecule has 0 unspecified atom stereocenters. The number of hydrogen-bond donors (Lipinski definition) is 0. The van der Waals surface area contributed by atoms with Crippen molar-refractivity contribution in [2.24, 2.45) is 0 Å². The number of likely N-dealkylation sites (tertiary alicyclic amines) is 1. The number of rotatable bonds is 9. The molecule has 2 aliphatic rings. The number of para-hydroxylation sites is 1. The lowest BCUT2D eigenvalue weighted by atomic mass is 9.74. The summed E-state index contributed by atoms with van der Waals surface area (Å²) in [5.74, 6) is 1.05. The van der Waals surface area contributed by atoms with E-state index in [1.54, 1.807) is 0 Å². The number of fused-ring (bicyclic) bond motifs is 2. The second-order valence-corrected chi connectivity index (χ2v) is 10.2. The van der Waals surface area contributed by atoms with Crippen LogP contribution in [0.4, 0.5) is 0 Å². The van der Waals surface area contributed by atoms with E-state index in [0.717, 1.165) is 50.5 Å². The lowest BCUT2D eigenvalue weighted by Gasteiger charge is -2.39. The third-order valence-corrected chi connectivity index (χ3v) is 8.11. The summed E-state index contributed by atoms with van der Waals surface area (Å²) in [5.41, 5.74) is 6.23. The van der Waals surface area contributed by atoms with Gasteiger partial charge in [-0.3, -0.25) is 9.69 Å². The monoisotopic (exact) mass is 494 g/mol. The highest BCUT2D eigenvalue weighted by atomic mass is 16.5. The van der Waals surface area contributed by atoms with Crippen molar-refractivity contribution in [1.82, 2.24) is 9.80 Å². The molecule has 0 N–H and O–H groups in total. The van der Waals surface area contributed by atoms with Gasteiger partial charge in [0.15, 0.2) is 0 Å². The molecule has 1 aliphatic carbocycles. The molecule has 0 atom stereocenters. The van der Waals surface area contributed by atoms with E-state index in [1.165, 1.54) is 35.1 Å². The molecular formula is C33H38N2O2. The van der Waals surface area contributed by atoms with Crippen LogP contribution in [-0.4, -0.2) is 55.0 Å². The Labute approximate surface area is 221 Å². The minimum Gasteiger partial charge on any atom is -0.492 e. The van der Waals surface area contributed by atoms with Gasteiger partial charge in [-0.05, 0) is 80.2 Å². The quantitative estimate of drug-likeness (QED) is 0.355. The van der Waals surface area contributed by atoms with E-state index in [4.69, 9.17) is 4.74 Å². The molecule has 0 bridgehead atoms. The zero-order chi connectivity index (χ0) is 25.7. The van der Waals surface area contributed by atoms with Crippen LogP contribution >= 0.6 is 0 Å². The highest BCUT2D eigenvalue weighted by Gasteiger charge is 2.37. The summed E-state index contributed by atoms with van der Waals surface area (Å²) in [6.45, 7) is 9.31. The highest BCUT2D eigenvalue weighted by Crippen LogP contribution is 2.43. The number of carbonyl (C=O) groups excluding carboxylic acids is 1. The minimum absolute atomic E-state index is 0.0945. The Morgan fingerprint density at radius 1 is 0.919 bits per heavy atom. The van der Waals surface area contributed by atoms with Crippen LogP contribution in [0.25, 0.3) is 6.08 Å². The summed E-state index contributed by atoms with van der Waals surface area (Å²) >= 11 is 0. The fourth-order valence-electron chi connectivity index (χ4n) is 5.80. The Kier molecular flexibility index (Phi) is 7.76. The molecule has 192 valence electrons. The average Bonchev–Trinajstić information content (AvgIpc) is 3.30. The number of hydrogen-bond acceptors (Lipinski definition) is 3. The molecule has 3 aromatic carbocycles. The van der Waals surface area contributed by atoms with Gasteiger partial charge in [-0.25, -0.2) is 0 Å². The number of ether oxygens (including phenoxy) is 1. The summed E-state index contributed by atoms with van der Waals surface area (Å²) in [6, 6.07) is 25.2. The van der Waals surface area contributed by atoms with Crippen LogP contribution in [0.15, 0.2) is 78.9 Å². The normalized spacial score (nSPS) is 16.1. The molecule has 0 saturated carbocycles. The third kappa shape index (κ3) is 5.50. The zero-order valence-electron chi connectivity index (χ0n) is 22.2. The van der Waals surface area contributed by atoms with Gasteiger partial charge in [0.25, 0.3) is 5.91 Å². The molecule has 0 aromatic heterocycles. The maximum Gasteiger partial charge on any atom is 0.253 e. The van der Waals surface area contributed by atoms with Crippen molar-refractivity contribution in [3.8, 4) is 5.75 Å². The summed E-state index contributed by atoms with van der Waals surface area (Å²) in [5, 5.41) is 0. The van der Waals surface area contributed by atoms with Crippen molar-refractivity contribution in [1.29, 1.82) is 0 Å². The summed E-state index contributed by atoms with van der Waals surface area (Å²) in [6.07, 6.45) is 7.87. The smallest absolute Gasteiger partial charge is 0.253 e. The van der Waals surface area contributed by atoms with Gasteiger partial charge in [0, 0.05) is 37.0 Å². The topological polar surface area (TPSA) is 32.8 Å². The molecule has 1 saturated heterocycles. The fourth-order valence-corrected chi connectivity index (χ4v) is 5.80. The first kappa shape index (κ1) is 25.3. The van der Waals surface area contributed by atoms with E-state index in [2.05, 4.69) is 71.6 Å². The van der Waals surface area contributed by atoms with Crippen LogP contribution in [0.1, 0.15) is 59.3 Å². The summed E-state index contributed by atoms with van der Waals surface area (Å²) < 4.78 is 6.29. The van der Waals surface area contributed by atoms with E-state index in [1.807, 2.05) is 36.9 Å². The van der Waals surface area contributed by atoms with Gasteiger partial charge < -0.3 is 9.64 Å². The lowest BCUT2D eigenvalue weighted by Crippen LogP contribution is -2.42. The van der Waals surface area contributed by atoms with Crippen molar-refractivity contribution in [2.45, 2.75) is 38.5 Å². The van der Waals surface area contributed by atoms with Crippen molar-refractivity contribution in [3.63, 3.8) is 0 Å². The van der Waals surface area contributed by atoms with Crippen LogP contribution < -0.4 is 4.74 Å². The van der Waals surface area contributed by atoms with Crippen LogP contribution in [-0.2, 0) is 11.8 Å². The van der Waals surface area contributed by atoms with Crippen LogP contribution in [0, 0.1) is 0 Å². The maximum absolute atomic E-state index is 12.6. The maximum atomic E-state index is 12.6. The number of benzene rings is 3. The van der Waals surface area contributed by atoms with Crippen molar-refractivity contribution in [3.05, 3.63) is 107 Å². The Morgan fingerprint density at radius 2 is 1.62 bits per heavy atom. The van der Waals surface area contributed by atoms with E-state index in [-0.39, 0.29) is 11.3 Å². The molecule has 37 heavy (non-hydrogen) atoms. The number of piperidine rings is 1. The van der Waals surface area contributed by atoms with Crippen LogP contribution in [0.2, 0.25) is 0 Å². The minimum atomic E-state index is 0.0945. The standard InChI is InChI=1S/C33H38N2O2/c1-3-35(4-2)32(36)28-15-13-26(14-16-28)25-29-10-6-8-12-31(29)37-24-23-34-21-19-33(20-22-34)18-17-27-9-5-7-11-30(27)33/h5-18H,3-4,19-25H2,1-2H3. The first-order valence-electron chi connectivity index (χ1n) is 13.7. The molecule has 5 rings (SSSR count). The molecule has 1 amide bonds. The molecule has 0 radical (unpaired) electrons. The Balaban J connectivity index is 1.14. The van der Waals surface area contributed by atoms with Gasteiger partial charge in [0.2, 0.25) is 0 Å². The summed E-state index contributed by atoms with van der Waals surface area (Å²) in [4.78, 5) is 17.0. The predicted molar refractivity (Wildman–Crippen MR) is 151 cm³/mol. The first-order valence-corrected chi connectivity index (χ1v) is 13.7. The molecule has 1 fully saturated rings. The van der Waals surface area contributed by atoms with Gasteiger partial charge in [-0.15, -0.1) is 0 Å². The van der Waals surface area contributed by atoms with Gasteiger partial charge in [-0.1, -0.05) is 66.7 Å². The summed E-state index contributed by atoms with van der Waals surface area (Å²) in [7, 11) is 0. The second kappa shape index (κ2) is 11.4. The van der Waals surface area contributed by atoms with E-state index in [0.29, 0.717) is 6.61 Å². The Bertz CT molecular complexity index is 1240. The number of nitrogens with zero attached hydrogens (tertiary/aromatic N) is 2. The molecule has 1 aliphatic heterocycles. The SMILES string of the molecule is CCN(CC)C(=O)c1ccc(Cc2ccccc2OCCN2CCC3(C=Cc4ccccc43)CC2)cc1. The van der Waals surface area contributed by atoms with E-state index >= 15 is 0 Å². The highest BCUT2D eigenvalue weighted by molar-refractivity contribution is 5.94. The number of allylic oxidation sites excluding steroid dienone is 1. The number of amides is 1. The van der Waals surface area contributed by atoms with Gasteiger partial charge in [0.05, 0.1) is 0 Å². The van der Waals surface area contributed by atoms with Gasteiger partial charge >= 0.3 is 0 Å². The Morgan fingerprint density at radius 3 is 2.38 bits per heavy atom. The van der Waals surface area contributed by atoms with E-state index in [9.17, 15) is 4.79 Å².